The van der Waals surface area contributed by atoms with E-state index in [0.717, 1.165) is 15.9 Å². The number of carboxylic acid groups (broad SMARTS) is 1. The molecule has 0 saturated heterocycles. The third kappa shape index (κ3) is 3.32. The summed E-state index contributed by atoms with van der Waals surface area (Å²) >= 11 is 3.40. The van der Waals surface area contributed by atoms with Gasteiger partial charge in [-0.3, -0.25) is 9.48 Å². The van der Waals surface area contributed by atoms with E-state index in [-0.39, 0.29) is 12.3 Å². The number of nitrogens with zero attached hydrogens (tertiary/aromatic N) is 2. The first-order valence-electron chi connectivity index (χ1n) is 5.58. The summed E-state index contributed by atoms with van der Waals surface area (Å²) in [6.45, 7) is 5.71. The molecule has 1 heterocycles. The number of hydrogen-bond donors (Lipinski definition) is 2. The number of rotatable bonds is 5. The minimum absolute atomic E-state index is 0.199. The molecular weight excluding hydrogens is 302 g/mol. The van der Waals surface area contributed by atoms with Crippen molar-refractivity contribution in [2.45, 2.75) is 39.8 Å². The predicted molar refractivity (Wildman–Crippen MR) is 69.3 cm³/mol. The van der Waals surface area contributed by atoms with Crippen molar-refractivity contribution in [1.29, 1.82) is 0 Å². The van der Waals surface area contributed by atoms with Gasteiger partial charge in [0.1, 0.15) is 6.04 Å². The molecular formula is C11H16BrN3O3. The number of carbonyl (C=O) groups is 2. The first-order chi connectivity index (χ1) is 8.36. The fourth-order valence-electron chi connectivity index (χ4n) is 1.70. The van der Waals surface area contributed by atoms with Gasteiger partial charge in [-0.25, -0.2) is 4.79 Å². The highest BCUT2D eigenvalue weighted by atomic mass is 79.9. The Kier molecular flexibility index (Phi) is 4.89. The van der Waals surface area contributed by atoms with Crippen molar-refractivity contribution >= 4 is 27.8 Å². The molecule has 18 heavy (non-hydrogen) atoms. The summed E-state index contributed by atoms with van der Waals surface area (Å²) in [7, 11) is 0. The number of hydrogen-bond acceptors (Lipinski definition) is 3. The van der Waals surface area contributed by atoms with Gasteiger partial charge in [0, 0.05) is 19.9 Å². The molecule has 0 aromatic carbocycles. The van der Waals surface area contributed by atoms with Crippen LogP contribution in [0.25, 0.3) is 0 Å². The van der Waals surface area contributed by atoms with Gasteiger partial charge in [0.15, 0.2) is 0 Å². The lowest BCUT2D eigenvalue weighted by Gasteiger charge is -2.14. The molecule has 100 valence electrons. The maximum Gasteiger partial charge on any atom is 0.326 e. The van der Waals surface area contributed by atoms with Crippen LogP contribution in [0, 0.1) is 6.92 Å². The number of carboxylic acids is 1. The Balaban J connectivity index is 2.99. The Hall–Kier alpha value is -1.37. The normalized spacial score (nSPS) is 12.2. The van der Waals surface area contributed by atoms with Crippen molar-refractivity contribution in [2.75, 3.05) is 0 Å². The summed E-state index contributed by atoms with van der Waals surface area (Å²) < 4.78 is 2.53. The zero-order valence-electron chi connectivity index (χ0n) is 10.5. The highest BCUT2D eigenvalue weighted by Crippen LogP contribution is 2.22. The maximum atomic E-state index is 11.1. The van der Waals surface area contributed by atoms with Gasteiger partial charge in [0.25, 0.3) is 0 Å². The molecule has 1 atom stereocenters. The third-order valence-corrected chi connectivity index (χ3v) is 3.56. The third-order valence-electron chi connectivity index (χ3n) is 2.53. The summed E-state index contributed by atoms with van der Waals surface area (Å²) in [6, 6.07) is -0.944. The van der Waals surface area contributed by atoms with Crippen molar-refractivity contribution < 1.29 is 14.7 Å². The highest BCUT2D eigenvalue weighted by Gasteiger charge is 2.23. The van der Waals surface area contributed by atoms with Gasteiger partial charge in [-0.05, 0) is 29.8 Å². The summed E-state index contributed by atoms with van der Waals surface area (Å²) in [5.41, 5.74) is 1.58. The van der Waals surface area contributed by atoms with E-state index in [1.165, 1.54) is 6.92 Å². The number of aryl methyl sites for hydroxylation is 2. The summed E-state index contributed by atoms with van der Waals surface area (Å²) in [6.07, 6.45) is 0.199. The second-order valence-electron chi connectivity index (χ2n) is 3.96. The summed E-state index contributed by atoms with van der Waals surface area (Å²) in [4.78, 5) is 22.1. The fraction of sp³-hybridized carbons (Fsp3) is 0.545. The lowest BCUT2D eigenvalue weighted by Crippen LogP contribution is -2.41. The van der Waals surface area contributed by atoms with Crippen molar-refractivity contribution in [3.8, 4) is 0 Å². The van der Waals surface area contributed by atoms with E-state index in [1.54, 1.807) is 4.68 Å². The number of carbonyl (C=O) groups excluding carboxylic acids is 1. The number of amides is 1. The average molecular weight is 318 g/mol. The summed E-state index contributed by atoms with van der Waals surface area (Å²) in [5.74, 6) is -1.42. The molecule has 1 aromatic rings. The molecule has 0 aliphatic rings. The van der Waals surface area contributed by atoms with Crippen LogP contribution in [0.15, 0.2) is 4.47 Å². The Morgan fingerprint density at radius 2 is 2.17 bits per heavy atom. The standard InChI is InChI=1S/C11H16BrN3O3/c1-4-15-9(10(12)6(2)14-15)5-8(11(17)18)13-7(3)16/h8H,4-5H2,1-3H3,(H,13,16)(H,17,18). The van der Waals surface area contributed by atoms with Crippen molar-refractivity contribution in [2.24, 2.45) is 0 Å². The molecule has 0 saturated carbocycles. The predicted octanol–water partition coefficient (Wildman–Crippen LogP) is 1.11. The second-order valence-corrected chi connectivity index (χ2v) is 4.75. The molecule has 0 aliphatic heterocycles. The SMILES string of the molecule is CCn1nc(C)c(Br)c1CC(NC(C)=O)C(=O)O. The highest BCUT2D eigenvalue weighted by molar-refractivity contribution is 9.10. The monoisotopic (exact) mass is 317 g/mol. The molecule has 1 aromatic heterocycles. The van der Waals surface area contributed by atoms with Crippen LogP contribution in [0.4, 0.5) is 0 Å². The van der Waals surface area contributed by atoms with Gasteiger partial charge in [-0.15, -0.1) is 0 Å². The lowest BCUT2D eigenvalue weighted by atomic mass is 10.1. The Morgan fingerprint density at radius 1 is 1.56 bits per heavy atom. The number of aliphatic carboxylic acids is 1. The van der Waals surface area contributed by atoms with Crippen LogP contribution in [0.1, 0.15) is 25.2 Å². The number of nitrogens with one attached hydrogen (secondary N) is 1. The van der Waals surface area contributed by atoms with Crippen LogP contribution >= 0.6 is 15.9 Å². The van der Waals surface area contributed by atoms with Crippen molar-refractivity contribution in [3.63, 3.8) is 0 Å². The van der Waals surface area contributed by atoms with Gasteiger partial charge in [0.05, 0.1) is 15.9 Å². The van der Waals surface area contributed by atoms with Crippen LogP contribution in [0.2, 0.25) is 0 Å². The average Bonchev–Trinajstić information content (AvgIpc) is 2.55. The first-order valence-corrected chi connectivity index (χ1v) is 6.37. The molecule has 0 fully saturated rings. The molecule has 0 bridgehead atoms. The largest absolute Gasteiger partial charge is 0.480 e. The van der Waals surface area contributed by atoms with Crippen LogP contribution in [0.3, 0.4) is 0 Å². The zero-order chi connectivity index (χ0) is 13.9. The summed E-state index contributed by atoms with van der Waals surface area (Å²) in [5, 5.41) is 15.8. The van der Waals surface area contributed by atoms with Crippen LogP contribution in [-0.2, 0) is 22.6 Å². The molecule has 1 amide bonds. The molecule has 1 unspecified atom stereocenters. The van der Waals surface area contributed by atoms with Crippen molar-refractivity contribution in [3.05, 3.63) is 15.9 Å². The van der Waals surface area contributed by atoms with E-state index < -0.39 is 12.0 Å². The smallest absolute Gasteiger partial charge is 0.326 e. The van der Waals surface area contributed by atoms with Gasteiger partial charge < -0.3 is 10.4 Å². The van der Waals surface area contributed by atoms with E-state index in [0.29, 0.717) is 6.54 Å². The van der Waals surface area contributed by atoms with Gasteiger partial charge in [0.2, 0.25) is 5.91 Å². The molecule has 0 radical (unpaired) electrons. The molecule has 7 heteroatoms. The quantitative estimate of drug-likeness (QED) is 0.852. The van der Waals surface area contributed by atoms with E-state index in [2.05, 4.69) is 26.3 Å². The van der Waals surface area contributed by atoms with Gasteiger partial charge in [-0.2, -0.15) is 5.10 Å². The number of aromatic nitrogens is 2. The molecule has 0 spiro atoms. The topological polar surface area (TPSA) is 84.2 Å². The van der Waals surface area contributed by atoms with Crippen LogP contribution in [0.5, 0.6) is 0 Å². The lowest BCUT2D eigenvalue weighted by molar-refractivity contribution is -0.141. The second kappa shape index (κ2) is 5.99. The maximum absolute atomic E-state index is 11.1. The van der Waals surface area contributed by atoms with Crippen LogP contribution in [-0.4, -0.2) is 32.8 Å². The minimum Gasteiger partial charge on any atom is -0.480 e. The first kappa shape index (κ1) is 14.7. The zero-order valence-corrected chi connectivity index (χ0v) is 12.1. The fourth-order valence-corrected chi connectivity index (χ4v) is 2.15. The Labute approximate surface area is 113 Å². The molecule has 1 rings (SSSR count). The van der Waals surface area contributed by atoms with Crippen molar-refractivity contribution in [1.82, 2.24) is 15.1 Å². The minimum atomic E-state index is -1.06. The number of halogens is 1. The van der Waals surface area contributed by atoms with Gasteiger partial charge in [-0.1, -0.05) is 0 Å². The molecule has 2 N–H and O–H groups in total. The van der Waals surface area contributed by atoms with Gasteiger partial charge >= 0.3 is 5.97 Å². The Bertz CT molecular complexity index is 470. The molecule has 6 nitrogen and oxygen atoms in total. The van der Waals surface area contributed by atoms with E-state index in [1.807, 2.05) is 13.8 Å². The van der Waals surface area contributed by atoms with E-state index >= 15 is 0 Å². The van der Waals surface area contributed by atoms with E-state index in [9.17, 15) is 9.59 Å². The van der Waals surface area contributed by atoms with E-state index in [4.69, 9.17) is 5.11 Å². The van der Waals surface area contributed by atoms with Crippen LogP contribution < -0.4 is 5.32 Å². The Morgan fingerprint density at radius 3 is 2.61 bits per heavy atom. The molecule has 0 aliphatic carbocycles.